The van der Waals surface area contributed by atoms with E-state index in [1.165, 1.54) is 25.3 Å². The van der Waals surface area contributed by atoms with E-state index in [1.54, 1.807) is 19.9 Å². The van der Waals surface area contributed by atoms with E-state index in [1.807, 2.05) is 0 Å². The fourth-order valence-electron chi connectivity index (χ4n) is 3.94. The van der Waals surface area contributed by atoms with E-state index >= 15 is 0 Å². The molecule has 0 amide bonds. The van der Waals surface area contributed by atoms with Gasteiger partial charge >= 0.3 is 11.9 Å². The third-order valence-corrected chi connectivity index (χ3v) is 5.83. The number of benzene rings is 1. The molecule has 1 aromatic carbocycles. The Bertz CT molecular complexity index is 941. The predicted octanol–water partition coefficient (Wildman–Crippen LogP) is 5.13. The van der Waals surface area contributed by atoms with Gasteiger partial charge in [-0.05, 0) is 32.3 Å². The molecule has 1 unspecified atom stereocenters. The lowest BCUT2D eigenvalue weighted by molar-refractivity contribution is -0.384. The molecule has 180 valence electrons. The molecule has 1 aromatic rings. The molecular weight excluding hydrogens is 448 g/mol. The Hall–Kier alpha value is -2.87. The van der Waals surface area contributed by atoms with Crippen LogP contribution in [0.15, 0.2) is 46.8 Å². The van der Waals surface area contributed by atoms with Crippen molar-refractivity contribution in [3.8, 4) is 0 Å². The molecule has 1 heterocycles. The van der Waals surface area contributed by atoms with Crippen LogP contribution in [-0.4, -0.2) is 36.5 Å². The molecule has 0 fully saturated rings. The number of carbonyl (C=O) groups is 2. The predicted molar refractivity (Wildman–Crippen MR) is 126 cm³/mol. The smallest absolute Gasteiger partial charge is 0.336 e. The molecule has 8 nitrogen and oxygen atoms in total. The lowest BCUT2D eigenvalue weighted by Gasteiger charge is -2.30. The van der Waals surface area contributed by atoms with Gasteiger partial charge in [-0.1, -0.05) is 37.8 Å². The summed E-state index contributed by atoms with van der Waals surface area (Å²) >= 11 is 5.68. The van der Waals surface area contributed by atoms with E-state index < -0.39 is 22.8 Å². The van der Waals surface area contributed by atoms with E-state index in [4.69, 9.17) is 21.1 Å². The van der Waals surface area contributed by atoms with Crippen molar-refractivity contribution in [2.24, 2.45) is 0 Å². The Morgan fingerprint density at radius 3 is 2.24 bits per heavy atom. The summed E-state index contributed by atoms with van der Waals surface area (Å²) in [6.45, 7) is 3.67. The molecule has 0 saturated carbocycles. The minimum Gasteiger partial charge on any atom is -0.466 e. The number of allylic oxidation sites excluding steroid dienone is 2. The fraction of sp³-hybridized carbons (Fsp3) is 0.500. The second-order valence-electron chi connectivity index (χ2n) is 7.93. The molecule has 2 rings (SSSR count). The average molecular weight is 479 g/mol. The molecule has 0 aromatic heterocycles. The van der Waals surface area contributed by atoms with Crippen molar-refractivity contribution in [1.29, 1.82) is 0 Å². The topological polar surface area (TPSA) is 108 Å². The number of hydrogen-bond acceptors (Lipinski definition) is 7. The van der Waals surface area contributed by atoms with Crippen molar-refractivity contribution < 1.29 is 24.0 Å². The molecule has 9 heteroatoms. The summed E-state index contributed by atoms with van der Waals surface area (Å²) in [6, 6.07) is 5.91. The van der Waals surface area contributed by atoms with Crippen molar-refractivity contribution in [2.45, 2.75) is 58.3 Å². The zero-order valence-corrected chi connectivity index (χ0v) is 20.1. The highest BCUT2D eigenvalue weighted by atomic mass is 35.5. The largest absolute Gasteiger partial charge is 0.466 e. The summed E-state index contributed by atoms with van der Waals surface area (Å²) in [5.74, 6) is -1.35. The van der Waals surface area contributed by atoms with Crippen LogP contribution in [0.5, 0.6) is 0 Å². The van der Waals surface area contributed by atoms with Gasteiger partial charge in [0.1, 0.15) is 0 Å². The number of rotatable bonds is 12. The molecule has 1 aliphatic rings. The van der Waals surface area contributed by atoms with Crippen LogP contribution < -0.4 is 5.32 Å². The SMILES string of the molecule is COC(=O)C1=C(C)NC(C)=C(C(=O)OCCCCCCCCCl)C1c1cccc([N+](=O)[O-])c1. The molecule has 1 aliphatic heterocycles. The van der Waals surface area contributed by atoms with Gasteiger partial charge in [-0.3, -0.25) is 10.1 Å². The maximum Gasteiger partial charge on any atom is 0.336 e. The maximum atomic E-state index is 13.1. The Balaban J connectivity index is 2.24. The molecule has 0 spiro atoms. The second-order valence-corrected chi connectivity index (χ2v) is 8.30. The summed E-state index contributed by atoms with van der Waals surface area (Å²) in [5.41, 5.74) is 1.81. The molecule has 0 aliphatic carbocycles. The highest BCUT2D eigenvalue weighted by Crippen LogP contribution is 2.40. The van der Waals surface area contributed by atoms with Gasteiger partial charge in [-0.2, -0.15) is 0 Å². The fourth-order valence-corrected chi connectivity index (χ4v) is 4.13. The lowest BCUT2D eigenvalue weighted by Crippen LogP contribution is -2.32. The molecule has 0 bridgehead atoms. The maximum absolute atomic E-state index is 13.1. The second kappa shape index (κ2) is 13.0. The Morgan fingerprint density at radius 1 is 1.03 bits per heavy atom. The quantitative estimate of drug-likeness (QED) is 0.146. The van der Waals surface area contributed by atoms with Gasteiger partial charge in [0.25, 0.3) is 5.69 Å². The number of methoxy groups -OCH3 is 1. The average Bonchev–Trinajstić information content (AvgIpc) is 2.79. The van der Waals surface area contributed by atoms with Crippen LogP contribution in [0.3, 0.4) is 0 Å². The van der Waals surface area contributed by atoms with Crippen LogP contribution in [0.2, 0.25) is 0 Å². The van der Waals surface area contributed by atoms with Crippen molar-refractivity contribution in [1.82, 2.24) is 5.32 Å². The molecule has 0 saturated heterocycles. The van der Waals surface area contributed by atoms with Gasteiger partial charge in [0.2, 0.25) is 0 Å². The summed E-state index contributed by atoms with van der Waals surface area (Å²) < 4.78 is 10.5. The van der Waals surface area contributed by atoms with E-state index in [9.17, 15) is 19.7 Å². The van der Waals surface area contributed by atoms with E-state index in [0.29, 0.717) is 22.8 Å². The number of non-ortho nitro benzene ring substituents is 1. The first-order valence-electron chi connectivity index (χ1n) is 11.1. The van der Waals surface area contributed by atoms with E-state index in [2.05, 4.69) is 5.32 Å². The number of nitrogens with one attached hydrogen (secondary N) is 1. The van der Waals surface area contributed by atoms with Crippen molar-refractivity contribution in [3.63, 3.8) is 0 Å². The molecule has 0 radical (unpaired) electrons. The van der Waals surface area contributed by atoms with Crippen molar-refractivity contribution in [3.05, 3.63) is 62.5 Å². The van der Waals surface area contributed by atoms with Crippen LogP contribution in [0.1, 0.15) is 63.9 Å². The molecular formula is C24H31ClN2O6. The number of esters is 2. The number of hydrogen-bond donors (Lipinski definition) is 1. The first kappa shape index (κ1) is 26.4. The Kier molecular flexibility index (Phi) is 10.4. The molecule has 1 N–H and O–H groups in total. The Morgan fingerprint density at radius 2 is 1.64 bits per heavy atom. The van der Waals surface area contributed by atoms with Crippen LogP contribution in [0, 0.1) is 10.1 Å². The third kappa shape index (κ3) is 7.05. The zero-order valence-electron chi connectivity index (χ0n) is 19.3. The minimum atomic E-state index is -0.846. The van der Waals surface area contributed by atoms with Crippen molar-refractivity contribution in [2.75, 3.05) is 19.6 Å². The lowest BCUT2D eigenvalue weighted by atomic mass is 9.80. The van der Waals surface area contributed by atoms with Crippen molar-refractivity contribution >= 4 is 29.2 Å². The van der Waals surface area contributed by atoms with Gasteiger partial charge < -0.3 is 14.8 Å². The third-order valence-electron chi connectivity index (χ3n) is 5.56. The number of nitrogens with zero attached hydrogens (tertiary/aromatic N) is 1. The summed E-state index contributed by atoms with van der Waals surface area (Å²) in [4.78, 5) is 36.5. The normalized spacial score (nSPS) is 15.8. The molecule has 1 atom stereocenters. The standard InChI is InChI=1S/C24H31ClN2O6/c1-16-20(23(28)32-3)22(18-11-10-12-19(15-18)27(30)31)21(17(2)26-16)24(29)33-14-9-7-5-4-6-8-13-25/h10-12,15,22,26H,4-9,13-14H2,1-3H3. The highest BCUT2D eigenvalue weighted by molar-refractivity contribution is 6.17. The molecule has 33 heavy (non-hydrogen) atoms. The Labute approximate surface area is 199 Å². The minimum absolute atomic E-state index is 0.132. The number of carbonyl (C=O) groups excluding carboxylic acids is 2. The highest BCUT2D eigenvalue weighted by Gasteiger charge is 2.38. The van der Waals surface area contributed by atoms with E-state index in [0.717, 1.165) is 38.5 Å². The number of dihydropyridines is 1. The van der Waals surface area contributed by atoms with Crippen LogP contribution in [0.4, 0.5) is 5.69 Å². The number of nitro groups is 1. The van der Waals surface area contributed by atoms with E-state index in [-0.39, 0.29) is 23.4 Å². The first-order valence-corrected chi connectivity index (χ1v) is 11.6. The number of alkyl halides is 1. The van der Waals surface area contributed by atoms with Gasteiger partial charge in [0.15, 0.2) is 0 Å². The summed E-state index contributed by atoms with van der Waals surface area (Å²) in [6.07, 6.45) is 5.90. The number of ether oxygens (including phenoxy) is 2. The first-order chi connectivity index (χ1) is 15.8. The van der Waals surface area contributed by atoms with Crippen LogP contribution in [0.25, 0.3) is 0 Å². The van der Waals surface area contributed by atoms with Gasteiger partial charge in [0.05, 0.1) is 35.7 Å². The van der Waals surface area contributed by atoms with Crippen LogP contribution >= 0.6 is 11.6 Å². The van der Waals surface area contributed by atoms with Crippen LogP contribution in [-0.2, 0) is 19.1 Å². The number of nitro benzene ring substituents is 1. The van der Waals surface area contributed by atoms with Gasteiger partial charge in [-0.15, -0.1) is 11.6 Å². The zero-order chi connectivity index (χ0) is 24.4. The number of halogens is 1. The summed E-state index contributed by atoms with van der Waals surface area (Å²) in [7, 11) is 1.25. The number of unbranched alkanes of at least 4 members (excludes halogenated alkanes) is 5. The summed E-state index contributed by atoms with van der Waals surface area (Å²) in [5, 5.41) is 14.4. The van der Waals surface area contributed by atoms with Gasteiger partial charge in [-0.25, -0.2) is 9.59 Å². The monoisotopic (exact) mass is 478 g/mol. The van der Waals surface area contributed by atoms with Gasteiger partial charge in [0, 0.05) is 29.4 Å².